The van der Waals surface area contributed by atoms with Gasteiger partial charge < -0.3 is 23.7 Å². The van der Waals surface area contributed by atoms with Crippen LogP contribution in [0.2, 0.25) is 0 Å². The lowest BCUT2D eigenvalue weighted by atomic mass is 10.0. The maximum Gasteiger partial charge on any atom is 0.187 e. The van der Waals surface area contributed by atoms with Gasteiger partial charge in [0.25, 0.3) is 0 Å². The SMILES string of the molecule is c1ccc(COC[C@H]2O[C@H]3O[C@H]2[C@H](OCc2ccccc2)[C@H]3OCc2ccccc2)cc1. The van der Waals surface area contributed by atoms with E-state index >= 15 is 0 Å². The molecule has 0 aliphatic carbocycles. The number of hydrogen-bond donors (Lipinski definition) is 0. The quantitative estimate of drug-likeness (QED) is 0.472. The summed E-state index contributed by atoms with van der Waals surface area (Å²) in [7, 11) is 0. The van der Waals surface area contributed by atoms with Crippen LogP contribution in [0.25, 0.3) is 0 Å². The topological polar surface area (TPSA) is 46.2 Å². The third-order valence-electron chi connectivity index (χ3n) is 5.85. The summed E-state index contributed by atoms with van der Waals surface area (Å²) >= 11 is 0. The summed E-state index contributed by atoms with van der Waals surface area (Å²) in [6.07, 6.45) is -1.35. The van der Waals surface area contributed by atoms with Gasteiger partial charge in [-0.05, 0) is 16.7 Å². The van der Waals surface area contributed by atoms with Gasteiger partial charge in [0.2, 0.25) is 0 Å². The zero-order chi connectivity index (χ0) is 21.6. The second kappa shape index (κ2) is 10.4. The Labute approximate surface area is 188 Å². The maximum absolute atomic E-state index is 6.33. The van der Waals surface area contributed by atoms with Crippen molar-refractivity contribution in [1.82, 2.24) is 0 Å². The minimum atomic E-state index is -0.449. The highest BCUT2D eigenvalue weighted by atomic mass is 16.8. The molecule has 5 heteroatoms. The molecular formula is C27H28O5. The highest BCUT2D eigenvalue weighted by Gasteiger charge is 2.57. The molecule has 0 spiro atoms. The van der Waals surface area contributed by atoms with Gasteiger partial charge in [0, 0.05) is 0 Å². The van der Waals surface area contributed by atoms with Crippen LogP contribution < -0.4 is 0 Å². The van der Waals surface area contributed by atoms with Crippen LogP contribution in [0.3, 0.4) is 0 Å². The Morgan fingerprint density at radius 3 is 1.62 bits per heavy atom. The van der Waals surface area contributed by atoms with E-state index in [1.807, 2.05) is 54.6 Å². The van der Waals surface area contributed by atoms with Crippen LogP contribution in [0.4, 0.5) is 0 Å². The summed E-state index contributed by atoms with van der Waals surface area (Å²) in [5.41, 5.74) is 3.37. The molecule has 2 aliphatic rings. The van der Waals surface area contributed by atoms with Crippen LogP contribution in [-0.2, 0) is 43.5 Å². The van der Waals surface area contributed by atoms with E-state index in [1.165, 1.54) is 0 Å². The molecule has 0 amide bonds. The predicted octanol–water partition coefficient (Wildman–Crippen LogP) is 4.50. The van der Waals surface area contributed by atoms with Gasteiger partial charge in [0.05, 0.1) is 26.4 Å². The van der Waals surface area contributed by atoms with Crippen molar-refractivity contribution in [1.29, 1.82) is 0 Å². The third kappa shape index (κ3) is 5.09. The van der Waals surface area contributed by atoms with Crippen LogP contribution >= 0.6 is 0 Å². The van der Waals surface area contributed by atoms with E-state index in [2.05, 4.69) is 36.4 Å². The van der Waals surface area contributed by atoms with E-state index in [0.29, 0.717) is 26.4 Å². The molecule has 2 aliphatic heterocycles. The first kappa shape index (κ1) is 21.3. The van der Waals surface area contributed by atoms with Crippen molar-refractivity contribution in [3.05, 3.63) is 108 Å². The molecule has 0 unspecified atom stereocenters. The van der Waals surface area contributed by atoms with E-state index in [4.69, 9.17) is 23.7 Å². The Bertz CT molecular complexity index is 948. The molecule has 5 nitrogen and oxygen atoms in total. The van der Waals surface area contributed by atoms with Crippen molar-refractivity contribution in [3.63, 3.8) is 0 Å². The minimum Gasteiger partial charge on any atom is -0.374 e. The Morgan fingerprint density at radius 2 is 1.06 bits per heavy atom. The normalized spacial score (nSPS) is 26.4. The molecule has 32 heavy (non-hydrogen) atoms. The molecular weight excluding hydrogens is 404 g/mol. The molecule has 0 aromatic heterocycles. The monoisotopic (exact) mass is 432 g/mol. The van der Waals surface area contributed by atoms with Crippen LogP contribution in [0, 0.1) is 0 Å². The molecule has 5 atom stereocenters. The highest BCUT2D eigenvalue weighted by molar-refractivity contribution is 5.15. The smallest absolute Gasteiger partial charge is 0.187 e. The lowest BCUT2D eigenvalue weighted by molar-refractivity contribution is -0.183. The van der Waals surface area contributed by atoms with Crippen LogP contribution in [-0.4, -0.2) is 37.3 Å². The molecule has 0 radical (unpaired) electrons. The molecule has 2 heterocycles. The summed E-state index contributed by atoms with van der Waals surface area (Å²) in [4.78, 5) is 0. The first-order chi connectivity index (χ1) is 15.9. The van der Waals surface area contributed by atoms with Crippen molar-refractivity contribution >= 4 is 0 Å². The number of ether oxygens (including phenoxy) is 5. The molecule has 3 aromatic rings. The Morgan fingerprint density at radius 1 is 0.562 bits per heavy atom. The number of benzene rings is 3. The van der Waals surface area contributed by atoms with Crippen molar-refractivity contribution in [2.24, 2.45) is 0 Å². The number of fused-ring (bicyclic) bond motifs is 2. The van der Waals surface area contributed by atoms with Gasteiger partial charge in [-0.25, -0.2) is 0 Å². The molecule has 2 saturated heterocycles. The fourth-order valence-electron chi connectivity index (χ4n) is 4.21. The van der Waals surface area contributed by atoms with Gasteiger partial charge in [-0.15, -0.1) is 0 Å². The zero-order valence-electron chi connectivity index (χ0n) is 17.9. The van der Waals surface area contributed by atoms with Gasteiger partial charge in [0.15, 0.2) is 6.29 Å². The average molecular weight is 433 g/mol. The fourth-order valence-corrected chi connectivity index (χ4v) is 4.21. The summed E-state index contributed by atoms with van der Waals surface area (Å²) in [5, 5.41) is 0. The Hall–Kier alpha value is -2.54. The van der Waals surface area contributed by atoms with E-state index in [1.54, 1.807) is 0 Å². The van der Waals surface area contributed by atoms with Crippen molar-refractivity contribution in [3.8, 4) is 0 Å². The fraction of sp³-hybridized carbons (Fsp3) is 0.333. The third-order valence-corrected chi connectivity index (χ3v) is 5.85. The Balaban J connectivity index is 1.21. The van der Waals surface area contributed by atoms with Gasteiger partial charge in [-0.3, -0.25) is 0 Å². The lowest BCUT2D eigenvalue weighted by Gasteiger charge is -2.32. The molecule has 3 aromatic carbocycles. The van der Waals surface area contributed by atoms with Crippen LogP contribution in [0.5, 0.6) is 0 Å². The maximum atomic E-state index is 6.33. The number of rotatable bonds is 10. The highest BCUT2D eigenvalue weighted by Crippen LogP contribution is 2.38. The largest absolute Gasteiger partial charge is 0.374 e. The molecule has 0 N–H and O–H groups in total. The van der Waals surface area contributed by atoms with Gasteiger partial charge in [0.1, 0.15) is 24.4 Å². The van der Waals surface area contributed by atoms with E-state index in [9.17, 15) is 0 Å². The summed E-state index contributed by atoms with van der Waals surface area (Å²) in [6.45, 7) is 1.98. The standard InChI is InChI=1S/C27H28O5/c1-4-10-20(11-5-1)16-28-19-23-24-25(29-17-21-12-6-2-7-13-21)26(27(31-23)32-24)30-18-22-14-8-3-9-15-22/h1-15,23-27H,16-19H2/t23-,24-,25+,26-,27+/m1/s1. The van der Waals surface area contributed by atoms with Gasteiger partial charge in [-0.1, -0.05) is 91.0 Å². The predicted molar refractivity (Wildman–Crippen MR) is 120 cm³/mol. The van der Waals surface area contributed by atoms with E-state index in [0.717, 1.165) is 16.7 Å². The second-order valence-electron chi connectivity index (χ2n) is 8.17. The van der Waals surface area contributed by atoms with Crippen molar-refractivity contribution in [2.75, 3.05) is 6.61 Å². The average Bonchev–Trinajstić information content (AvgIpc) is 3.41. The summed E-state index contributed by atoms with van der Waals surface area (Å²) in [6, 6.07) is 30.4. The summed E-state index contributed by atoms with van der Waals surface area (Å²) in [5.74, 6) is 0. The summed E-state index contributed by atoms with van der Waals surface area (Å²) < 4.78 is 30.8. The van der Waals surface area contributed by atoms with E-state index < -0.39 is 6.29 Å². The molecule has 5 rings (SSSR count). The van der Waals surface area contributed by atoms with Gasteiger partial charge >= 0.3 is 0 Å². The van der Waals surface area contributed by atoms with Crippen molar-refractivity contribution < 1.29 is 23.7 Å². The minimum absolute atomic E-state index is 0.180. The molecule has 166 valence electrons. The molecule has 2 fully saturated rings. The van der Waals surface area contributed by atoms with E-state index in [-0.39, 0.29) is 24.4 Å². The van der Waals surface area contributed by atoms with Crippen LogP contribution in [0.15, 0.2) is 91.0 Å². The van der Waals surface area contributed by atoms with Gasteiger partial charge in [-0.2, -0.15) is 0 Å². The first-order valence-corrected chi connectivity index (χ1v) is 11.1. The lowest BCUT2D eigenvalue weighted by Crippen LogP contribution is -2.49. The zero-order valence-corrected chi connectivity index (χ0v) is 17.9. The van der Waals surface area contributed by atoms with Crippen molar-refractivity contribution in [2.45, 2.75) is 50.5 Å². The first-order valence-electron chi connectivity index (χ1n) is 11.1. The van der Waals surface area contributed by atoms with Crippen LogP contribution in [0.1, 0.15) is 16.7 Å². The molecule has 2 bridgehead atoms. The Kier molecular flexibility index (Phi) is 6.92. The number of hydrogen-bond acceptors (Lipinski definition) is 5. The second-order valence-corrected chi connectivity index (χ2v) is 8.17. The molecule has 0 saturated carbocycles.